The van der Waals surface area contributed by atoms with Crippen molar-refractivity contribution in [3.05, 3.63) is 55.1 Å². The second kappa shape index (κ2) is 6.00. The number of nitrogens with one attached hydrogen (secondary N) is 1. The van der Waals surface area contributed by atoms with Gasteiger partial charge in [0.2, 0.25) is 0 Å². The maximum Gasteiger partial charge on any atom is 0.307 e. The summed E-state index contributed by atoms with van der Waals surface area (Å²) in [6.45, 7) is 4.29. The van der Waals surface area contributed by atoms with Gasteiger partial charge in [0.15, 0.2) is 0 Å². The van der Waals surface area contributed by atoms with Crippen LogP contribution in [0.2, 0.25) is 0 Å². The summed E-state index contributed by atoms with van der Waals surface area (Å²) in [4.78, 5) is 14.9. The van der Waals surface area contributed by atoms with Gasteiger partial charge in [-0.15, -0.1) is 0 Å². The number of pyridine rings is 1. The first-order valence-electron chi connectivity index (χ1n) is 5.99. The van der Waals surface area contributed by atoms with Crippen molar-refractivity contribution in [3.8, 4) is 11.1 Å². The Balaban J connectivity index is 2.15. The highest BCUT2D eigenvalue weighted by atomic mass is 16.4. The van der Waals surface area contributed by atoms with Gasteiger partial charge in [-0.05, 0) is 30.2 Å². The molecule has 0 aliphatic heterocycles. The van der Waals surface area contributed by atoms with Crippen molar-refractivity contribution in [2.24, 2.45) is 0 Å². The summed E-state index contributed by atoms with van der Waals surface area (Å²) in [7, 11) is 0. The number of rotatable bonds is 5. The van der Waals surface area contributed by atoms with Gasteiger partial charge in [-0.25, -0.2) is 4.98 Å². The van der Waals surface area contributed by atoms with Gasteiger partial charge >= 0.3 is 5.97 Å². The minimum atomic E-state index is -0.821. The van der Waals surface area contributed by atoms with E-state index in [0.717, 1.165) is 22.5 Å². The number of carbonyl (C=O) groups is 1. The smallest absolute Gasteiger partial charge is 0.307 e. The molecule has 1 heterocycles. The molecule has 1 aromatic carbocycles. The normalized spacial score (nSPS) is 10.2. The lowest BCUT2D eigenvalue weighted by Gasteiger charge is -2.05. The van der Waals surface area contributed by atoms with Gasteiger partial charge in [-0.1, -0.05) is 24.3 Å². The number of nitrogens with zero attached hydrogens (tertiary/aromatic N) is 1. The highest BCUT2D eigenvalue weighted by Gasteiger charge is 2.02. The fourth-order valence-electron chi connectivity index (χ4n) is 1.79. The lowest BCUT2D eigenvalue weighted by Crippen LogP contribution is -2.00. The molecule has 0 saturated carbocycles. The molecular weight excluding hydrogens is 240 g/mol. The third-order valence-electron chi connectivity index (χ3n) is 2.71. The Kier molecular flexibility index (Phi) is 4.13. The molecule has 2 aromatic rings. The van der Waals surface area contributed by atoms with Crippen LogP contribution in [0.4, 0.5) is 5.82 Å². The second-order valence-electron chi connectivity index (χ2n) is 4.13. The molecule has 1 radical (unpaired) electrons. The standard InChI is InChI=1S/C15H15N2O2/c1-2-16-14-8-7-13(10-17-14)12-5-3-11(4-6-12)9-15(18)19/h3-8,10H,1-2,9H2,(H,16,17)(H,18,19). The predicted octanol–water partition coefficient (Wildman–Crippen LogP) is 2.62. The minimum Gasteiger partial charge on any atom is -0.481 e. The zero-order valence-corrected chi connectivity index (χ0v) is 10.5. The van der Waals surface area contributed by atoms with Crippen LogP contribution in [0.15, 0.2) is 42.6 Å². The van der Waals surface area contributed by atoms with Gasteiger partial charge in [-0.3, -0.25) is 4.79 Å². The zero-order chi connectivity index (χ0) is 13.7. The average molecular weight is 255 g/mol. The maximum absolute atomic E-state index is 10.6. The third-order valence-corrected chi connectivity index (χ3v) is 2.71. The van der Waals surface area contributed by atoms with E-state index >= 15 is 0 Å². The number of aromatic nitrogens is 1. The molecular formula is C15H15N2O2. The van der Waals surface area contributed by atoms with Gasteiger partial charge < -0.3 is 10.4 Å². The summed E-state index contributed by atoms with van der Waals surface area (Å²) in [5.41, 5.74) is 2.80. The van der Waals surface area contributed by atoms with E-state index < -0.39 is 5.97 Å². The number of hydrogen-bond donors (Lipinski definition) is 2. The molecule has 0 spiro atoms. The number of hydrogen-bond acceptors (Lipinski definition) is 3. The minimum absolute atomic E-state index is 0.0465. The van der Waals surface area contributed by atoms with Crippen molar-refractivity contribution in [2.45, 2.75) is 6.42 Å². The lowest BCUT2D eigenvalue weighted by molar-refractivity contribution is -0.136. The topological polar surface area (TPSA) is 62.2 Å². The van der Waals surface area contributed by atoms with Crippen molar-refractivity contribution in [1.29, 1.82) is 0 Å². The van der Waals surface area contributed by atoms with E-state index in [-0.39, 0.29) is 6.42 Å². The molecule has 0 amide bonds. The summed E-state index contributed by atoms with van der Waals surface area (Å²) in [5, 5.41) is 11.7. The largest absolute Gasteiger partial charge is 0.481 e. The summed E-state index contributed by atoms with van der Waals surface area (Å²) in [5.74, 6) is -0.0285. The molecule has 0 unspecified atom stereocenters. The molecule has 4 heteroatoms. The quantitative estimate of drug-likeness (QED) is 0.862. The number of benzene rings is 1. The molecule has 4 nitrogen and oxygen atoms in total. The van der Waals surface area contributed by atoms with E-state index in [2.05, 4.69) is 17.2 Å². The van der Waals surface area contributed by atoms with Crippen LogP contribution in [0.5, 0.6) is 0 Å². The Morgan fingerprint density at radius 3 is 2.37 bits per heavy atom. The molecule has 19 heavy (non-hydrogen) atoms. The second-order valence-corrected chi connectivity index (χ2v) is 4.13. The van der Waals surface area contributed by atoms with Crippen LogP contribution in [-0.4, -0.2) is 22.6 Å². The Morgan fingerprint density at radius 1 is 1.16 bits per heavy atom. The van der Waals surface area contributed by atoms with Gasteiger partial charge in [0.05, 0.1) is 6.42 Å². The van der Waals surface area contributed by atoms with Gasteiger partial charge in [-0.2, -0.15) is 0 Å². The SMILES string of the molecule is [CH2]CNc1ccc(-c2ccc(CC(=O)O)cc2)cn1. The monoisotopic (exact) mass is 255 g/mol. The van der Waals surface area contributed by atoms with Crippen LogP contribution in [0.1, 0.15) is 5.56 Å². The summed E-state index contributed by atoms with van der Waals surface area (Å²) in [6.07, 6.45) is 1.83. The van der Waals surface area contributed by atoms with Crippen LogP contribution < -0.4 is 5.32 Å². The van der Waals surface area contributed by atoms with E-state index in [1.165, 1.54) is 0 Å². The average Bonchev–Trinajstić information content (AvgIpc) is 2.40. The van der Waals surface area contributed by atoms with Crippen molar-refractivity contribution in [2.75, 3.05) is 11.9 Å². The van der Waals surface area contributed by atoms with Crippen LogP contribution in [0.3, 0.4) is 0 Å². The van der Waals surface area contributed by atoms with Crippen molar-refractivity contribution >= 4 is 11.8 Å². The van der Waals surface area contributed by atoms with Crippen LogP contribution in [0, 0.1) is 6.92 Å². The van der Waals surface area contributed by atoms with Crippen molar-refractivity contribution < 1.29 is 9.90 Å². The summed E-state index contributed by atoms with van der Waals surface area (Å²) >= 11 is 0. The molecule has 0 aliphatic rings. The van der Waals surface area contributed by atoms with Crippen LogP contribution in [-0.2, 0) is 11.2 Å². The zero-order valence-electron chi connectivity index (χ0n) is 10.5. The number of carboxylic acids is 1. The van der Waals surface area contributed by atoms with Gasteiger partial charge in [0.1, 0.15) is 5.82 Å². The molecule has 0 atom stereocenters. The molecule has 1 aromatic heterocycles. The van der Waals surface area contributed by atoms with Crippen LogP contribution >= 0.6 is 0 Å². The fourth-order valence-corrected chi connectivity index (χ4v) is 1.79. The van der Waals surface area contributed by atoms with E-state index in [0.29, 0.717) is 6.54 Å². The number of aliphatic carboxylic acids is 1. The van der Waals surface area contributed by atoms with E-state index in [9.17, 15) is 4.79 Å². The third kappa shape index (κ3) is 3.55. The Bertz CT molecular complexity index is 547. The fraction of sp³-hybridized carbons (Fsp3) is 0.133. The van der Waals surface area contributed by atoms with E-state index in [4.69, 9.17) is 5.11 Å². The Labute approximate surface area is 112 Å². The van der Waals surface area contributed by atoms with Gasteiger partial charge in [0, 0.05) is 18.3 Å². The molecule has 2 N–H and O–H groups in total. The summed E-state index contributed by atoms with van der Waals surface area (Å²) in [6, 6.07) is 11.3. The molecule has 0 aliphatic carbocycles. The van der Waals surface area contributed by atoms with E-state index in [1.807, 2.05) is 36.4 Å². The van der Waals surface area contributed by atoms with Crippen LogP contribution in [0.25, 0.3) is 11.1 Å². The first kappa shape index (κ1) is 13.1. The molecule has 0 bridgehead atoms. The lowest BCUT2D eigenvalue weighted by atomic mass is 10.0. The van der Waals surface area contributed by atoms with E-state index in [1.54, 1.807) is 6.20 Å². The predicted molar refractivity (Wildman–Crippen MR) is 74.9 cm³/mol. The first-order valence-corrected chi connectivity index (χ1v) is 5.99. The highest BCUT2D eigenvalue weighted by molar-refractivity contribution is 5.71. The first-order chi connectivity index (χ1) is 9.19. The van der Waals surface area contributed by atoms with Gasteiger partial charge in [0.25, 0.3) is 0 Å². The highest BCUT2D eigenvalue weighted by Crippen LogP contribution is 2.20. The van der Waals surface area contributed by atoms with Crippen molar-refractivity contribution in [1.82, 2.24) is 4.98 Å². The molecule has 97 valence electrons. The Morgan fingerprint density at radius 2 is 1.84 bits per heavy atom. The molecule has 0 fully saturated rings. The molecule has 0 saturated heterocycles. The number of carboxylic acid groups (broad SMARTS) is 1. The summed E-state index contributed by atoms with van der Waals surface area (Å²) < 4.78 is 0. The molecule has 2 rings (SSSR count). The Hall–Kier alpha value is -2.36. The maximum atomic E-state index is 10.6. The van der Waals surface area contributed by atoms with Crippen molar-refractivity contribution in [3.63, 3.8) is 0 Å². The number of anilines is 1.